The van der Waals surface area contributed by atoms with Gasteiger partial charge in [-0.1, -0.05) is 11.3 Å². The van der Waals surface area contributed by atoms with Crippen molar-refractivity contribution in [2.45, 2.75) is 27.7 Å². The highest BCUT2D eigenvalue weighted by Gasteiger charge is 2.13. The molecule has 2 rings (SSSR count). The zero-order chi connectivity index (χ0) is 16.1. The van der Waals surface area contributed by atoms with Crippen LogP contribution in [0.4, 0.5) is 5.13 Å². The number of benzene rings is 1. The van der Waals surface area contributed by atoms with Crippen molar-refractivity contribution in [2.75, 3.05) is 18.5 Å². The van der Waals surface area contributed by atoms with Crippen LogP contribution in [0.1, 0.15) is 26.5 Å². The van der Waals surface area contributed by atoms with Gasteiger partial charge in [0.25, 0.3) is 0 Å². The molecule has 0 unspecified atom stereocenters. The van der Waals surface area contributed by atoms with Crippen LogP contribution in [0.15, 0.2) is 18.2 Å². The lowest BCUT2D eigenvalue weighted by Crippen LogP contribution is -2.04. The van der Waals surface area contributed by atoms with Crippen LogP contribution >= 0.6 is 11.3 Å². The Hall–Kier alpha value is -2.08. The molecule has 0 fully saturated rings. The van der Waals surface area contributed by atoms with Crippen LogP contribution in [-0.2, 0) is 4.79 Å². The number of rotatable bonds is 6. The Morgan fingerprint density at radius 2 is 1.91 bits per heavy atom. The maximum absolute atomic E-state index is 11.1. The summed E-state index contributed by atoms with van der Waals surface area (Å²) < 4.78 is 11.2. The molecule has 2 aromatic rings. The van der Waals surface area contributed by atoms with Gasteiger partial charge in [-0.15, -0.1) is 0 Å². The topological polar surface area (TPSA) is 60.5 Å². The summed E-state index contributed by atoms with van der Waals surface area (Å²) in [6.45, 7) is 8.44. The molecule has 0 aliphatic rings. The maximum Gasteiger partial charge on any atom is 0.223 e. The SMILES string of the molecule is CCOc1ccc(-c2sc(NC(C)=O)nc2C)cc1OCC. The second kappa shape index (κ2) is 7.26. The van der Waals surface area contributed by atoms with E-state index >= 15 is 0 Å². The number of amides is 1. The van der Waals surface area contributed by atoms with Crippen molar-refractivity contribution in [3.63, 3.8) is 0 Å². The van der Waals surface area contributed by atoms with Crippen LogP contribution in [-0.4, -0.2) is 24.1 Å². The van der Waals surface area contributed by atoms with Crippen LogP contribution in [0.5, 0.6) is 11.5 Å². The number of carbonyl (C=O) groups is 1. The Kier molecular flexibility index (Phi) is 5.38. The van der Waals surface area contributed by atoms with E-state index in [1.807, 2.05) is 39.0 Å². The van der Waals surface area contributed by atoms with E-state index in [1.165, 1.54) is 18.3 Å². The number of ether oxygens (including phenoxy) is 2. The van der Waals surface area contributed by atoms with Crippen LogP contribution in [0.3, 0.4) is 0 Å². The molecule has 1 aromatic carbocycles. The van der Waals surface area contributed by atoms with Gasteiger partial charge in [-0.05, 0) is 44.5 Å². The van der Waals surface area contributed by atoms with Gasteiger partial charge >= 0.3 is 0 Å². The third-order valence-electron chi connectivity index (χ3n) is 2.89. The van der Waals surface area contributed by atoms with Gasteiger partial charge in [0.05, 0.1) is 23.8 Å². The molecule has 0 saturated carbocycles. The maximum atomic E-state index is 11.1. The zero-order valence-electron chi connectivity index (χ0n) is 13.2. The van der Waals surface area contributed by atoms with Crippen molar-refractivity contribution in [1.82, 2.24) is 4.98 Å². The average molecular weight is 320 g/mol. The Morgan fingerprint density at radius 3 is 2.55 bits per heavy atom. The summed E-state index contributed by atoms with van der Waals surface area (Å²) in [5, 5.41) is 3.32. The number of thiazole rings is 1. The number of nitrogens with one attached hydrogen (secondary N) is 1. The van der Waals surface area contributed by atoms with Crippen molar-refractivity contribution in [3.05, 3.63) is 23.9 Å². The summed E-state index contributed by atoms with van der Waals surface area (Å²) in [4.78, 5) is 16.5. The van der Waals surface area contributed by atoms with E-state index in [1.54, 1.807) is 0 Å². The first-order valence-corrected chi connectivity index (χ1v) is 8.01. The average Bonchev–Trinajstić information content (AvgIpc) is 2.81. The minimum atomic E-state index is -0.123. The molecule has 22 heavy (non-hydrogen) atoms. The number of hydrogen-bond donors (Lipinski definition) is 1. The molecular weight excluding hydrogens is 300 g/mol. The first-order chi connectivity index (χ1) is 10.5. The predicted molar refractivity (Wildman–Crippen MR) is 88.9 cm³/mol. The standard InChI is InChI=1S/C16H20N2O3S/c1-5-20-13-8-7-12(9-14(13)21-6-2)15-10(3)17-16(22-15)18-11(4)19/h7-9H,5-6H2,1-4H3,(H,17,18,19). The molecule has 1 aromatic heterocycles. The van der Waals surface area contributed by atoms with Crippen molar-refractivity contribution < 1.29 is 14.3 Å². The molecule has 5 nitrogen and oxygen atoms in total. The fourth-order valence-electron chi connectivity index (χ4n) is 2.06. The van der Waals surface area contributed by atoms with Crippen LogP contribution in [0.2, 0.25) is 0 Å². The molecule has 1 heterocycles. The van der Waals surface area contributed by atoms with Crippen molar-refractivity contribution in [2.24, 2.45) is 0 Å². The summed E-state index contributed by atoms with van der Waals surface area (Å²) in [7, 11) is 0. The quantitative estimate of drug-likeness (QED) is 0.877. The number of carbonyl (C=O) groups excluding carboxylic acids is 1. The third-order valence-corrected chi connectivity index (χ3v) is 4.01. The van der Waals surface area contributed by atoms with Gasteiger partial charge in [0, 0.05) is 6.92 Å². The van der Waals surface area contributed by atoms with E-state index in [9.17, 15) is 4.79 Å². The molecule has 0 atom stereocenters. The number of aryl methyl sites for hydroxylation is 1. The van der Waals surface area contributed by atoms with Gasteiger partial charge < -0.3 is 14.8 Å². The van der Waals surface area contributed by atoms with E-state index in [4.69, 9.17) is 9.47 Å². The van der Waals surface area contributed by atoms with E-state index in [2.05, 4.69) is 10.3 Å². The van der Waals surface area contributed by atoms with Gasteiger partial charge in [-0.3, -0.25) is 4.79 Å². The van der Waals surface area contributed by atoms with Gasteiger partial charge in [0.2, 0.25) is 5.91 Å². The zero-order valence-corrected chi connectivity index (χ0v) is 14.0. The lowest BCUT2D eigenvalue weighted by Gasteiger charge is -2.12. The Balaban J connectivity index is 2.37. The predicted octanol–water partition coefficient (Wildman–Crippen LogP) is 3.87. The highest BCUT2D eigenvalue weighted by atomic mass is 32.1. The molecule has 0 aliphatic heterocycles. The second-order valence-corrected chi connectivity index (χ2v) is 5.64. The van der Waals surface area contributed by atoms with Crippen LogP contribution < -0.4 is 14.8 Å². The number of hydrogen-bond acceptors (Lipinski definition) is 5. The number of aromatic nitrogens is 1. The smallest absolute Gasteiger partial charge is 0.223 e. The molecule has 6 heteroatoms. The van der Waals surface area contributed by atoms with E-state index < -0.39 is 0 Å². The molecule has 0 saturated heterocycles. The molecular formula is C16H20N2O3S. The lowest BCUT2D eigenvalue weighted by molar-refractivity contribution is -0.114. The van der Waals surface area contributed by atoms with Crippen molar-refractivity contribution in [3.8, 4) is 21.9 Å². The third kappa shape index (κ3) is 3.76. The second-order valence-electron chi connectivity index (χ2n) is 4.64. The summed E-state index contributed by atoms with van der Waals surface area (Å²) >= 11 is 1.45. The largest absolute Gasteiger partial charge is 0.490 e. The summed E-state index contributed by atoms with van der Waals surface area (Å²) in [6, 6.07) is 5.83. The first-order valence-electron chi connectivity index (χ1n) is 7.20. The van der Waals surface area contributed by atoms with Crippen molar-refractivity contribution >= 4 is 22.4 Å². The fourth-order valence-corrected chi connectivity index (χ4v) is 3.07. The molecule has 0 bridgehead atoms. The normalized spacial score (nSPS) is 10.4. The van der Waals surface area contributed by atoms with E-state index in [0.29, 0.717) is 18.3 Å². The van der Waals surface area contributed by atoms with Gasteiger partial charge in [0.1, 0.15) is 0 Å². The highest BCUT2D eigenvalue weighted by Crippen LogP contribution is 2.38. The molecule has 0 aliphatic carbocycles. The highest BCUT2D eigenvalue weighted by molar-refractivity contribution is 7.19. The number of anilines is 1. The molecule has 1 amide bonds. The van der Waals surface area contributed by atoms with Gasteiger partial charge in [0.15, 0.2) is 16.6 Å². The fraction of sp³-hybridized carbons (Fsp3) is 0.375. The monoisotopic (exact) mass is 320 g/mol. The molecule has 0 spiro atoms. The van der Waals surface area contributed by atoms with Crippen LogP contribution in [0.25, 0.3) is 10.4 Å². The molecule has 0 radical (unpaired) electrons. The van der Waals surface area contributed by atoms with Crippen LogP contribution in [0, 0.1) is 6.92 Å². The Labute approximate surface area is 134 Å². The first kappa shape index (κ1) is 16.3. The Morgan fingerprint density at radius 1 is 1.23 bits per heavy atom. The Bertz CT molecular complexity index is 667. The summed E-state index contributed by atoms with van der Waals surface area (Å²) in [5.74, 6) is 1.33. The summed E-state index contributed by atoms with van der Waals surface area (Å²) in [5.41, 5.74) is 1.87. The van der Waals surface area contributed by atoms with Gasteiger partial charge in [-0.25, -0.2) is 4.98 Å². The van der Waals surface area contributed by atoms with E-state index in [0.717, 1.165) is 27.6 Å². The van der Waals surface area contributed by atoms with E-state index in [-0.39, 0.29) is 5.91 Å². The van der Waals surface area contributed by atoms with Crippen molar-refractivity contribution in [1.29, 1.82) is 0 Å². The lowest BCUT2D eigenvalue weighted by atomic mass is 10.1. The minimum absolute atomic E-state index is 0.123. The molecule has 118 valence electrons. The minimum Gasteiger partial charge on any atom is -0.490 e. The van der Waals surface area contributed by atoms with Gasteiger partial charge in [-0.2, -0.15) is 0 Å². The molecule has 1 N–H and O–H groups in total. The summed E-state index contributed by atoms with van der Waals surface area (Å²) in [6.07, 6.45) is 0. The number of nitrogens with zero attached hydrogens (tertiary/aromatic N) is 1.